The number of rotatable bonds is 1. The molecule has 0 spiro atoms. The zero-order chi connectivity index (χ0) is 16.1. The SMILES string of the molecule is Clc1ccc2c3c(ccc2c1C1=NCCS1)C1=C(CCC=C1)CC3. The smallest absolute Gasteiger partial charge is 0.0999 e. The van der Waals surface area contributed by atoms with Crippen molar-refractivity contribution in [3.05, 3.63) is 63.7 Å². The maximum absolute atomic E-state index is 6.56. The predicted molar refractivity (Wildman–Crippen MR) is 106 cm³/mol. The first-order valence-electron chi connectivity index (χ1n) is 8.63. The number of nitrogens with zero attached hydrogens (tertiary/aromatic N) is 1. The third kappa shape index (κ3) is 2.20. The Labute approximate surface area is 151 Å². The number of aliphatic imine (C=N–C) groups is 1. The molecule has 2 aromatic carbocycles. The number of hydrogen-bond donors (Lipinski definition) is 0. The fourth-order valence-electron chi connectivity index (χ4n) is 4.19. The van der Waals surface area contributed by atoms with Gasteiger partial charge in [-0.05, 0) is 59.2 Å². The first-order chi connectivity index (χ1) is 11.8. The van der Waals surface area contributed by atoms with Crippen molar-refractivity contribution in [3.63, 3.8) is 0 Å². The number of fused-ring (bicyclic) bond motifs is 4. The Kier molecular flexibility index (Phi) is 3.57. The molecule has 120 valence electrons. The Morgan fingerprint density at radius 1 is 1.00 bits per heavy atom. The summed E-state index contributed by atoms with van der Waals surface area (Å²) in [6, 6.07) is 8.83. The summed E-state index contributed by atoms with van der Waals surface area (Å²) in [5.41, 5.74) is 7.15. The van der Waals surface area contributed by atoms with E-state index in [2.05, 4.69) is 41.4 Å². The number of halogens is 1. The second-order valence-electron chi connectivity index (χ2n) is 6.60. The van der Waals surface area contributed by atoms with Crippen molar-refractivity contribution in [1.82, 2.24) is 0 Å². The molecule has 0 saturated carbocycles. The van der Waals surface area contributed by atoms with Crippen LogP contribution in [0.3, 0.4) is 0 Å². The second-order valence-corrected chi connectivity index (χ2v) is 8.09. The first kappa shape index (κ1) is 14.8. The number of benzene rings is 2. The molecule has 2 aromatic rings. The summed E-state index contributed by atoms with van der Waals surface area (Å²) < 4.78 is 0. The van der Waals surface area contributed by atoms with E-state index in [0.29, 0.717) is 0 Å². The summed E-state index contributed by atoms with van der Waals surface area (Å²) in [6.45, 7) is 0.901. The summed E-state index contributed by atoms with van der Waals surface area (Å²) in [4.78, 5) is 4.67. The average Bonchev–Trinajstić information content (AvgIpc) is 3.15. The molecular formula is C21H18ClNS. The normalized spacial score (nSPS) is 19.5. The minimum atomic E-state index is 0.823. The zero-order valence-corrected chi connectivity index (χ0v) is 15.0. The lowest BCUT2D eigenvalue weighted by atomic mass is 9.79. The van der Waals surface area contributed by atoms with Crippen LogP contribution in [0.5, 0.6) is 0 Å². The van der Waals surface area contributed by atoms with Crippen LogP contribution in [0.2, 0.25) is 5.02 Å². The summed E-state index contributed by atoms with van der Waals surface area (Å²) >= 11 is 8.39. The largest absolute Gasteiger partial charge is 0.277 e. The molecule has 1 nitrogen and oxygen atoms in total. The van der Waals surface area contributed by atoms with Crippen molar-refractivity contribution >= 4 is 44.8 Å². The van der Waals surface area contributed by atoms with E-state index in [4.69, 9.17) is 11.6 Å². The van der Waals surface area contributed by atoms with Gasteiger partial charge in [-0.15, -0.1) is 11.8 Å². The third-order valence-corrected chi connectivity index (χ3v) is 6.61. The van der Waals surface area contributed by atoms with Crippen molar-refractivity contribution in [2.45, 2.75) is 25.7 Å². The van der Waals surface area contributed by atoms with Crippen molar-refractivity contribution in [2.24, 2.45) is 4.99 Å². The van der Waals surface area contributed by atoms with Gasteiger partial charge in [-0.25, -0.2) is 0 Å². The topological polar surface area (TPSA) is 12.4 Å². The highest BCUT2D eigenvalue weighted by atomic mass is 35.5. The maximum atomic E-state index is 6.56. The molecule has 5 rings (SSSR count). The van der Waals surface area contributed by atoms with Gasteiger partial charge in [0.2, 0.25) is 0 Å². The van der Waals surface area contributed by atoms with Crippen molar-refractivity contribution in [1.29, 1.82) is 0 Å². The minimum Gasteiger partial charge on any atom is -0.277 e. The van der Waals surface area contributed by atoms with Gasteiger partial charge >= 0.3 is 0 Å². The molecule has 0 aromatic heterocycles. The Hall–Kier alpha value is -1.51. The van der Waals surface area contributed by atoms with Crippen LogP contribution in [-0.2, 0) is 6.42 Å². The average molecular weight is 352 g/mol. The molecule has 2 aliphatic carbocycles. The highest BCUT2D eigenvalue weighted by molar-refractivity contribution is 8.14. The summed E-state index contributed by atoms with van der Waals surface area (Å²) in [7, 11) is 0. The fourth-order valence-corrected chi connectivity index (χ4v) is 5.43. The van der Waals surface area contributed by atoms with Crippen molar-refractivity contribution in [3.8, 4) is 0 Å². The van der Waals surface area contributed by atoms with Crippen molar-refractivity contribution in [2.75, 3.05) is 12.3 Å². The van der Waals surface area contributed by atoms with Crippen molar-refractivity contribution < 1.29 is 0 Å². The number of hydrogen-bond acceptors (Lipinski definition) is 2. The lowest BCUT2D eigenvalue weighted by molar-refractivity contribution is 0.831. The van der Waals surface area contributed by atoms with Gasteiger partial charge in [0.05, 0.1) is 10.1 Å². The monoisotopic (exact) mass is 351 g/mol. The molecule has 3 heteroatoms. The molecule has 0 radical (unpaired) electrons. The van der Waals surface area contributed by atoms with Gasteiger partial charge in [0.25, 0.3) is 0 Å². The fraction of sp³-hybridized carbons (Fsp3) is 0.286. The van der Waals surface area contributed by atoms with Gasteiger partial charge in [-0.3, -0.25) is 4.99 Å². The Balaban J connectivity index is 1.77. The predicted octanol–water partition coefficient (Wildman–Crippen LogP) is 6.04. The van der Waals surface area contributed by atoms with E-state index < -0.39 is 0 Å². The van der Waals surface area contributed by atoms with E-state index in [1.807, 2.05) is 11.8 Å². The zero-order valence-electron chi connectivity index (χ0n) is 13.4. The molecule has 0 atom stereocenters. The number of allylic oxidation sites excluding steroid dienone is 4. The standard InChI is InChI=1S/C21H18ClNS/c22-19-10-9-17-16-6-5-13-3-1-2-4-14(13)15(16)7-8-18(17)20(19)21-23-11-12-24-21/h2,4,7-10H,1,3,5-6,11-12H2. The van der Waals surface area contributed by atoms with Gasteiger partial charge in [-0.1, -0.05) is 47.5 Å². The van der Waals surface area contributed by atoms with Gasteiger partial charge in [0.1, 0.15) is 0 Å². The van der Waals surface area contributed by atoms with Crippen LogP contribution >= 0.6 is 23.4 Å². The minimum absolute atomic E-state index is 0.823. The number of thioether (sulfide) groups is 1. The summed E-state index contributed by atoms with van der Waals surface area (Å²) in [5.74, 6) is 1.06. The Bertz CT molecular complexity index is 952. The van der Waals surface area contributed by atoms with E-state index >= 15 is 0 Å². The third-order valence-electron chi connectivity index (χ3n) is 5.31. The molecule has 1 aliphatic heterocycles. The first-order valence-corrected chi connectivity index (χ1v) is 10.00. The van der Waals surface area contributed by atoms with Crippen LogP contribution in [0.4, 0.5) is 0 Å². The van der Waals surface area contributed by atoms with Crippen LogP contribution in [0.25, 0.3) is 16.3 Å². The van der Waals surface area contributed by atoms with E-state index in [1.54, 1.807) is 5.57 Å². The van der Waals surface area contributed by atoms with Crippen LogP contribution in [0.15, 0.2) is 47.0 Å². The molecule has 0 amide bonds. The molecule has 0 bridgehead atoms. The molecule has 0 saturated heterocycles. The lowest BCUT2D eigenvalue weighted by Gasteiger charge is -2.26. The quantitative estimate of drug-likeness (QED) is 0.610. The van der Waals surface area contributed by atoms with Crippen LogP contribution in [0.1, 0.15) is 36.0 Å². The lowest BCUT2D eigenvalue weighted by Crippen LogP contribution is -2.08. The van der Waals surface area contributed by atoms with Gasteiger partial charge in [-0.2, -0.15) is 0 Å². The van der Waals surface area contributed by atoms with Crippen LogP contribution < -0.4 is 0 Å². The summed E-state index contributed by atoms with van der Waals surface area (Å²) in [6.07, 6.45) is 9.40. The molecule has 0 N–H and O–H groups in total. The molecule has 3 aliphatic rings. The molecule has 0 fully saturated rings. The molecule has 24 heavy (non-hydrogen) atoms. The molecular weight excluding hydrogens is 334 g/mol. The Morgan fingerprint density at radius 3 is 2.79 bits per heavy atom. The Morgan fingerprint density at radius 2 is 1.92 bits per heavy atom. The van der Waals surface area contributed by atoms with Crippen LogP contribution in [0, 0.1) is 0 Å². The van der Waals surface area contributed by atoms with Gasteiger partial charge < -0.3 is 0 Å². The van der Waals surface area contributed by atoms with E-state index in [-0.39, 0.29) is 0 Å². The van der Waals surface area contributed by atoms with Gasteiger partial charge in [0.15, 0.2) is 0 Å². The summed E-state index contributed by atoms with van der Waals surface area (Å²) in [5, 5.41) is 4.55. The highest BCUT2D eigenvalue weighted by Gasteiger charge is 2.23. The highest BCUT2D eigenvalue weighted by Crippen LogP contribution is 2.42. The molecule has 1 heterocycles. The molecule has 0 unspecified atom stereocenters. The van der Waals surface area contributed by atoms with Crippen LogP contribution in [-0.4, -0.2) is 17.3 Å². The van der Waals surface area contributed by atoms with Gasteiger partial charge in [0, 0.05) is 17.9 Å². The maximum Gasteiger partial charge on any atom is 0.0999 e. The van der Waals surface area contributed by atoms with E-state index in [9.17, 15) is 0 Å². The second kappa shape index (κ2) is 5.79. The van der Waals surface area contributed by atoms with E-state index in [0.717, 1.165) is 34.3 Å². The van der Waals surface area contributed by atoms with E-state index in [1.165, 1.54) is 46.7 Å². The number of aryl methyl sites for hydroxylation is 1.